The number of hydrogen-bond donors (Lipinski definition) is 2. The van der Waals surface area contributed by atoms with E-state index in [1.165, 1.54) is 5.56 Å². The third-order valence-corrected chi connectivity index (χ3v) is 3.58. The minimum Gasteiger partial charge on any atom is -0.383 e. The Kier molecular flexibility index (Phi) is 1.29. The summed E-state index contributed by atoms with van der Waals surface area (Å²) < 4.78 is 0. The Morgan fingerprint density at radius 3 is 3.00 bits per heavy atom. The zero-order chi connectivity index (χ0) is 9.05. The molecule has 0 bridgehead atoms. The van der Waals surface area contributed by atoms with Crippen molar-refractivity contribution < 1.29 is 0 Å². The standard InChI is InChI=1S/C10H11ClN2/c11-7-3-1-2-6-9(7)13-5-10(6)4-8(10)12/h1-3,8,13H,4-5,12H2. The fraction of sp³-hybridized carbons (Fsp3) is 0.400. The Hall–Kier alpha value is -0.730. The number of rotatable bonds is 0. The van der Waals surface area contributed by atoms with E-state index in [9.17, 15) is 0 Å². The van der Waals surface area contributed by atoms with Gasteiger partial charge in [-0.2, -0.15) is 0 Å². The number of nitrogens with two attached hydrogens (primary N) is 1. The number of halogens is 1. The SMILES string of the molecule is NC1CC12CNc1c(Cl)cccc12. The van der Waals surface area contributed by atoms with Gasteiger partial charge in [0.05, 0.1) is 10.7 Å². The summed E-state index contributed by atoms with van der Waals surface area (Å²) in [6.07, 6.45) is 1.09. The van der Waals surface area contributed by atoms with Gasteiger partial charge in [0.15, 0.2) is 0 Å². The van der Waals surface area contributed by atoms with Crippen molar-refractivity contribution in [2.75, 3.05) is 11.9 Å². The van der Waals surface area contributed by atoms with E-state index in [1.807, 2.05) is 12.1 Å². The van der Waals surface area contributed by atoms with Crippen LogP contribution in [-0.2, 0) is 5.41 Å². The van der Waals surface area contributed by atoms with Crippen molar-refractivity contribution in [1.82, 2.24) is 0 Å². The van der Waals surface area contributed by atoms with Crippen LogP contribution in [-0.4, -0.2) is 12.6 Å². The van der Waals surface area contributed by atoms with Gasteiger partial charge >= 0.3 is 0 Å². The van der Waals surface area contributed by atoms with E-state index in [2.05, 4.69) is 11.4 Å². The van der Waals surface area contributed by atoms with Crippen molar-refractivity contribution in [3.05, 3.63) is 28.8 Å². The van der Waals surface area contributed by atoms with Gasteiger partial charge in [-0.25, -0.2) is 0 Å². The van der Waals surface area contributed by atoms with Crippen molar-refractivity contribution in [3.8, 4) is 0 Å². The molecule has 1 spiro atoms. The maximum Gasteiger partial charge on any atom is 0.0640 e. The van der Waals surface area contributed by atoms with Crippen LogP contribution < -0.4 is 11.1 Å². The van der Waals surface area contributed by atoms with E-state index in [-0.39, 0.29) is 5.41 Å². The molecule has 3 rings (SSSR count). The van der Waals surface area contributed by atoms with E-state index in [0.717, 1.165) is 23.7 Å². The highest BCUT2D eigenvalue weighted by Gasteiger charge is 2.56. The number of nitrogens with one attached hydrogen (secondary N) is 1. The maximum atomic E-state index is 6.07. The first-order valence-electron chi connectivity index (χ1n) is 4.52. The average molecular weight is 195 g/mol. The zero-order valence-corrected chi connectivity index (χ0v) is 7.93. The highest BCUT2D eigenvalue weighted by atomic mass is 35.5. The number of benzene rings is 1. The second-order valence-corrected chi connectivity index (χ2v) is 4.39. The second kappa shape index (κ2) is 2.20. The summed E-state index contributed by atoms with van der Waals surface area (Å²) in [6.45, 7) is 0.952. The molecule has 2 unspecified atom stereocenters. The van der Waals surface area contributed by atoms with Crippen LogP contribution in [0.3, 0.4) is 0 Å². The van der Waals surface area contributed by atoms with Gasteiger partial charge in [-0.15, -0.1) is 0 Å². The molecule has 1 aliphatic heterocycles. The molecule has 13 heavy (non-hydrogen) atoms. The number of fused-ring (bicyclic) bond motifs is 2. The Morgan fingerprint density at radius 1 is 1.54 bits per heavy atom. The molecule has 1 aliphatic carbocycles. The molecule has 1 aromatic rings. The molecule has 0 saturated heterocycles. The Balaban J connectivity index is 2.18. The van der Waals surface area contributed by atoms with Gasteiger partial charge in [0, 0.05) is 18.0 Å². The molecule has 2 atom stereocenters. The van der Waals surface area contributed by atoms with Gasteiger partial charge in [0.25, 0.3) is 0 Å². The van der Waals surface area contributed by atoms with Gasteiger partial charge in [-0.1, -0.05) is 23.7 Å². The van der Waals surface area contributed by atoms with Crippen molar-refractivity contribution in [2.45, 2.75) is 17.9 Å². The molecule has 1 saturated carbocycles. The fourth-order valence-electron chi connectivity index (χ4n) is 2.31. The first-order valence-corrected chi connectivity index (χ1v) is 4.90. The molecule has 0 aromatic heterocycles. The van der Waals surface area contributed by atoms with E-state index in [0.29, 0.717) is 6.04 Å². The first-order chi connectivity index (χ1) is 6.24. The predicted molar refractivity (Wildman–Crippen MR) is 54.2 cm³/mol. The van der Waals surface area contributed by atoms with E-state index >= 15 is 0 Å². The van der Waals surface area contributed by atoms with Crippen molar-refractivity contribution in [1.29, 1.82) is 0 Å². The summed E-state index contributed by atoms with van der Waals surface area (Å²) in [7, 11) is 0. The lowest BCUT2D eigenvalue weighted by Gasteiger charge is -2.06. The van der Waals surface area contributed by atoms with Crippen LogP contribution in [0.15, 0.2) is 18.2 Å². The van der Waals surface area contributed by atoms with Crippen LogP contribution in [0.25, 0.3) is 0 Å². The fourth-order valence-corrected chi connectivity index (χ4v) is 2.55. The third kappa shape index (κ3) is 0.825. The van der Waals surface area contributed by atoms with Crippen LogP contribution in [0.5, 0.6) is 0 Å². The molecule has 3 N–H and O–H groups in total. The van der Waals surface area contributed by atoms with Crippen molar-refractivity contribution in [3.63, 3.8) is 0 Å². The highest BCUT2D eigenvalue weighted by molar-refractivity contribution is 6.33. The molecule has 0 amide bonds. The molecule has 1 aromatic carbocycles. The van der Waals surface area contributed by atoms with E-state index in [4.69, 9.17) is 17.3 Å². The van der Waals surface area contributed by atoms with Gasteiger partial charge in [-0.05, 0) is 18.1 Å². The highest BCUT2D eigenvalue weighted by Crippen LogP contribution is 2.54. The molecule has 2 aliphatic rings. The van der Waals surface area contributed by atoms with Crippen molar-refractivity contribution in [2.24, 2.45) is 5.73 Å². The summed E-state index contributed by atoms with van der Waals surface area (Å²) in [4.78, 5) is 0. The van der Waals surface area contributed by atoms with Crippen LogP contribution in [0.4, 0.5) is 5.69 Å². The predicted octanol–water partition coefficient (Wildman–Crippen LogP) is 1.73. The minimum absolute atomic E-state index is 0.209. The second-order valence-electron chi connectivity index (χ2n) is 3.98. The molecule has 68 valence electrons. The normalized spacial score (nSPS) is 34.5. The number of para-hydroxylation sites is 1. The van der Waals surface area contributed by atoms with E-state index < -0.39 is 0 Å². The summed E-state index contributed by atoms with van der Waals surface area (Å²) in [5, 5.41) is 4.15. The lowest BCUT2D eigenvalue weighted by atomic mass is 9.98. The lowest BCUT2D eigenvalue weighted by molar-refractivity contribution is 0.733. The topological polar surface area (TPSA) is 38.0 Å². The zero-order valence-electron chi connectivity index (χ0n) is 7.18. The molecule has 1 heterocycles. The maximum absolute atomic E-state index is 6.07. The molecule has 0 radical (unpaired) electrons. The van der Waals surface area contributed by atoms with Gasteiger partial charge in [0.2, 0.25) is 0 Å². The van der Waals surface area contributed by atoms with Gasteiger partial charge in [0.1, 0.15) is 0 Å². The van der Waals surface area contributed by atoms with E-state index in [1.54, 1.807) is 0 Å². The monoisotopic (exact) mass is 194 g/mol. The first kappa shape index (κ1) is 7.65. The summed E-state index contributed by atoms with van der Waals surface area (Å²) >= 11 is 6.07. The number of hydrogen-bond acceptors (Lipinski definition) is 2. The molecular weight excluding hydrogens is 184 g/mol. The molecule has 3 heteroatoms. The van der Waals surface area contributed by atoms with Crippen LogP contribution in [0.1, 0.15) is 12.0 Å². The Morgan fingerprint density at radius 2 is 2.31 bits per heavy atom. The summed E-state index contributed by atoms with van der Waals surface area (Å²) in [5.74, 6) is 0. The summed E-state index contributed by atoms with van der Waals surface area (Å²) in [6, 6.07) is 6.37. The Bertz CT molecular complexity index is 377. The summed E-state index contributed by atoms with van der Waals surface area (Å²) in [5.41, 5.74) is 8.56. The van der Waals surface area contributed by atoms with Crippen molar-refractivity contribution >= 4 is 17.3 Å². The van der Waals surface area contributed by atoms with Crippen LogP contribution in [0.2, 0.25) is 5.02 Å². The quantitative estimate of drug-likeness (QED) is 0.660. The lowest BCUT2D eigenvalue weighted by Crippen LogP contribution is -2.20. The van der Waals surface area contributed by atoms with Gasteiger partial charge in [-0.3, -0.25) is 0 Å². The molecule has 1 fully saturated rings. The largest absolute Gasteiger partial charge is 0.383 e. The Labute approximate surface area is 82.1 Å². The minimum atomic E-state index is 0.209. The van der Waals surface area contributed by atoms with Crippen LogP contribution >= 0.6 is 11.6 Å². The smallest absolute Gasteiger partial charge is 0.0640 e. The molecule has 2 nitrogen and oxygen atoms in total. The average Bonchev–Trinajstić information content (AvgIpc) is 2.57. The number of anilines is 1. The van der Waals surface area contributed by atoms with Gasteiger partial charge < -0.3 is 11.1 Å². The molecular formula is C10H11ClN2. The van der Waals surface area contributed by atoms with Crippen LogP contribution in [0, 0.1) is 0 Å². The third-order valence-electron chi connectivity index (χ3n) is 3.26.